The Morgan fingerprint density at radius 2 is 1.81 bits per heavy atom. The fourth-order valence-electron chi connectivity index (χ4n) is 2.90. The van der Waals surface area contributed by atoms with E-state index in [4.69, 9.17) is 14.6 Å². The lowest BCUT2D eigenvalue weighted by atomic mass is 10.1. The van der Waals surface area contributed by atoms with Gasteiger partial charge in [-0.1, -0.05) is 18.2 Å². The van der Waals surface area contributed by atoms with Crippen molar-refractivity contribution in [3.63, 3.8) is 0 Å². The van der Waals surface area contributed by atoms with Crippen LogP contribution in [0.2, 0.25) is 0 Å². The van der Waals surface area contributed by atoms with E-state index in [1.165, 1.54) is 6.08 Å². The van der Waals surface area contributed by atoms with Crippen molar-refractivity contribution in [2.45, 2.75) is 19.9 Å². The standard InChI is InChI=1S/C24H25N3O4/c1-17(2)25-22(28)16-31-23(29)14-11-19-15-27(20-7-5-4-6-8-20)26-24(19)18-9-12-21(30-3)13-10-18/h4-15,17H,16H2,1-3H3,(H,25,28)/b14-11+. The summed E-state index contributed by atoms with van der Waals surface area (Å²) in [6, 6.07) is 17.2. The summed E-state index contributed by atoms with van der Waals surface area (Å²) in [5.74, 6) is -0.203. The molecule has 31 heavy (non-hydrogen) atoms. The monoisotopic (exact) mass is 419 g/mol. The Hall–Kier alpha value is -3.87. The van der Waals surface area contributed by atoms with Gasteiger partial charge < -0.3 is 14.8 Å². The van der Waals surface area contributed by atoms with Crippen LogP contribution in [0.15, 0.2) is 66.9 Å². The Bertz CT molecular complexity index is 1050. The highest BCUT2D eigenvalue weighted by Gasteiger charge is 2.12. The number of rotatable bonds is 8. The summed E-state index contributed by atoms with van der Waals surface area (Å²) >= 11 is 0. The maximum absolute atomic E-state index is 12.1. The molecule has 0 bridgehead atoms. The minimum absolute atomic E-state index is 0.0161. The Balaban J connectivity index is 1.83. The molecule has 1 N–H and O–H groups in total. The van der Waals surface area contributed by atoms with Gasteiger partial charge in [-0.25, -0.2) is 9.48 Å². The molecule has 160 valence electrons. The Labute approximate surface area is 181 Å². The number of benzene rings is 2. The van der Waals surface area contributed by atoms with E-state index >= 15 is 0 Å². The number of para-hydroxylation sites is 1. The highest BCUT2D eigenvalue weighted by atomic mass is 16.5. The number of esters is 1. The molecule has 3 aromatic rings. The van der Waals surface area contributed by atoms with Crippen LogP contribution in [0, 0.1) is 0 Å². The van der Waals surface area contributed by atoms with Gasteiger partial charge in [0.1, 0.15) is 5.75 Å². The normalized spacial score (nSPS) is 11.0. The van der Waals surface area contributed by atoms with E-state index in [0.29, 0.717) is 5.69 Å². The number of methoxy groups -OCH3 is 1. The maximum Gasteiger partial charge on any atom is 0.331 e. The van der Waals surface area contributed by atoms with Crippen molar-refractivity contribution in [2.75, 3.05) is 13.7 Å². The van der Waals surface area contributed by atoms with Crippen LogP contribution in [0.25, 0.3) is 23.0 Å². The van der Waals surface area contributed by atoms with Crippen molar-refractivity contribution in [1.82, 2.24) is 15.1 Å². The molecular formula is C24H25N3O4. The summed E-state index contributed by atoms with van der Waals surface area (Å²) in [5.41, 5.74) is 3.20. The van der Waals surface area contributed by atoms with Gasteiger partial charge >= 0.3 is 5.97 Å². The molecule has 0 unspecified atom stereocenters. The molecule has 0 saturated heterocycles. The lowest BCUT2D eigenvalue weighted by Gasteiger charge is -2.07. The third kappa shape index (κ3) is 6.05. The Kier molecular flexibility index (Phi) is 7.22. The fraction of sp³-hybridized carbons (Fsp3) is 0.208. The molecular weight excluding hydrogens is 394 g/mol. The summed E-state index contributed by atoms with van der Waals surface area (Å²) < 4.78 is 12.0. The molecule has 0 aliphatic heterocycles. The van der Waals surface area contributed by atoms with Gasteiger partial charge in [-0.15, -0.1) is 0 Å². The second-order valence-electron chi connectivity index (χ2n) is 7.10. The van der Waals surface area contributed by atoms with Crippen LogP contribution in [0.5, 0.6) is 5.75 Å². The number of hydrogen-bond donors (Lipinski definition) is 1. The molecule has 0 saturated carbocycles. The second-order valence-corrected chi connectivity index (χ2v) is 7.10. The van der Waals surface area contributed by atoms with Crippen LogP contribution in [-0.4, -0.2) is 41.4 Å². The van der Waals surface area contributed by atoms with E-state index in [1.54, 1.807) is 17.9 Å². The zero-order valence-electron chi connectivity index (χ0n) is 17.7. The van der Waals surface area contributed by atoms with Crippen LogP contribution >= 0.6 is 0 Å². The average molecular weight is 419 g/mol. The predicted molar refractivity (Wildman–Crippen MR) is 119 cm³/mol. The summed E-state index contributed by atoms with van der Waals surface area (Å²) in [5, 5.41) is 7.37. The van der Waals surface area contributed by atoms with Gasteiger partial charge in [0.05, 0.1) is 18.5 Å². The summed E-state index contributed by atoms with van der Waals surface area (Å²) in [6.07, 6.45) is 4.76. The second kappa shape index (κ2) is 10.2. The molecule has 7 nitrogen and oxygen atoms in total. The van der Waals surface area contributed by atoms with Crippen molar-refractivity contribution in [3.8, 4) is 22.7 Å². The van der Waals surface area contributed by atoms with Gasteiger partial charge in [-0.05, 0) is 56.3 Å². The van der Waals surface area contributed by atoms with Crippen LogP contribution < -0.4 is 10.1 Å². The fourth-order valence-corrected chi connectivity index (χ4v) is 2.90. The minimum atomic E-state index is -0.605. The first-order valence-electron chi connectivity index (χ1n) is 9.90. The van der Waals surface area contributed by atoms with Crippen molar-refractivity contribution in [2.24, 2.45) is 0 Å². The number of carbonyl (C=O) groups excluding carboxylic acids is 2. The molecule has 0 fully saturated rings. The van der Waals surface area contributed by atoms with E-state index in [9.17, 15) is 9.59 Å². The van der Waals surface area contributed by atoms with Crippen molar-refractivity contribution in [1.29, 1.82) is 0 Å². The van der Waals surface area contributed by atoms with Crippen LogP contribution in [0.1, 0.15) is 19.4 Å². The summed E-state index contributed by atoms with van der Waals surface area (Å²) in [6.45, 7) is 3.35. The predicted octanol–water partition coefficient (Wildman–Crippen LogP) is 3.63. The molecule has 2 aromatic carbocycles. The SMILES string of the molecule is COc1ccc(-c2nn(-c3ccccc3)cc2/C=C/C(=O)OCC(=O)NC(C)C)cc1. The number of nitrogens with zero attached hydrogens (tertiary/aromatic N) is 2. The first kappa shape index (κ1) is 21.8. The Morgan fingerprint density at radius 3 is 2.45 bits per heavy atom. The molecule has 0 atom stereocenters. The highest BCUT2D eigenvalue weighted by molar-refractivity contribution is 5.90. The molecule has 1 amide bonds. The zero-order valence-corrected chi connectivity index (χ0v) is 17.7. The third-order valence-electron chi connectivity index (χ3n) is 4.32. The largest absolute Gasteiger partial charge is 0.497 e. The van der Waals surface area contributed by atoms with Gasteiger partial charge in [0.15, 0.2) is 6.61 Å². The number of aromatic nitrogens is 2. The highest BCUT2D eigenvalue weighted by Crippen LogP contribution is 2.26. The van der Waals surface area contributed by atoms with E-state index in [0.717, 1.165) is 22.6 Å². The number of nitrogens with one attached hydrogen (secondary N) is 1. The molecule has 0 radical (unpaired) electrons. The molecule has 0 aliphatic carbocycles. The van der Waals surface area contributed by atoms with E-state index in [2.05, 4.69) is 5.32 Å². The van der Waals surface area contributed by atoms with Crippen LogP contribution in [-0.2, 0) is 14.3 Å². The van der Waals surface area contributed by atoms with Gasteiger partial charge in [-0.3, -0.25) is 4.79 Å². The van der Waals surface area contributed by atoms with Gasteiger partial charge in [0.25, 0.3) is 5.91 Å². The Morgan fingerprint density at radius 1 is 1.10 bits per heavy atom. The topological polar surface area (TPSA) is 82.5 Å². The van der Waals surface area contributed by atoms with Gasteiger partial charge in [0.2, 0.25) is 0 Å². The first-order chi connectivity index (χ1) is 15.0. The van der Waals surface area contributed by atoms with E-state index < -0.39 is 5.97 Å². The molecule has 7 heteroatoms. The van der Waals surface area contributed by atoms with Crippen molar-refractivity contribution >= 4 is 18.0 Å². The zero-order chi connectivity index (χ0) is 22.2. The quantitative estimate of drug-likeness (QED) is 0.445. The first-order valence-corrected chi connectivity index (χ1v) is 9.90. The lowest BCUT2D eigenvalue weighted by Crippen LogP contribution is -2.33. The van der Waals surface area contributed by atoms with Crippen LogP contribution in [0.3, 0.4) is 0 Å². The number of carbonyl (C=O) groups is 2. The lowest BCUT2D eigenvalue weighted by molar-refractivity contribution is -0.143. The van der Waals surface area contributed by atoms with Gasteiger partial charge in [-0.2, -0.15) is 5.10 Å². The van der Waals surface area contributed by atoms with Crippen molar-refractivity contribution in [3.05, 3.63) is 72.4 Å². The van der Waals surface area contributed by atoms with Crippen molar-refractivity contribution < 1.29 is 19.1 Å². The summed E-state index contributed by atoms with van der Waals surface area (Å²) in [4.78, 5) is 23.7. The average Bonchev–Trinajstić information content (AvgIpc) is 3.21. The molecule has 0 spiro atoms. The number of ether oxygens (including phenoxy) is 2. The van der Waals surface area contributed by atoms with Gasteiger partial charge in [0, 0.05) is 29.4 Å². The van der Waals surface area contributed by atoms with E-state index in [1.807, 2.05) is 74.6 Å². The molecule has 3 rings (SSSR count). The number of hydrogen-bond acceptors (Lipinski definition) is 5. The number of amides is 1. The molecule has 1 heterocycles. The summed E-state index contributed by atoms with van der Waals surface area (Å²) in [7, 11) is 1.61. The minimum Gasteiger partial charge on any atom is -0.497 e. The smallest absolute Gasteiger partial charge is 0.331 e. The molecule has 1 aromatic heterocycles. The molecule has 0 aliphatic rings. The van der Waals surface area contributed by atoms with E-state index in [-0.39, 0.29) is 18.6 Å². The maximum atomic E-state index is 12.1. The van der Waals surface area contributed by atoms with Crippen LogP contribution in [0.4, 0.5) is 0 Å². The third-order valence-corrected chi connectivity index (χ3v) is 4.32.